The standard InChI is InChI=1S/C11H18N2O3/c1-2-9(14)6-10-12-11(13-16-10)8-4-3-5-15-7-8/h8-9,14H,2-7H2,1H3. The summed E-state index contributed by atoms with van der Waals surface area (Å²) in [5.41, 5.74) is 0. The molecule has 2 atom stereocenters. The van der Waals surface area contributed by atoms with E-state index in [1.165, 1.54) is 0 Å². The SMILES string of the molecule is CCC(O)Cc1nc(C2CCCOC2)no1. The van der Waals surface area contributed by atoms with Gasteiger partial charge in [-0.25, -0.2) is 0 Å². The third-order valence-corrected chi connectivity index (χ3v) is 2.89. The van der Waals surface area contributed by atoms with Gasteiger partial charge < -0.3 is 14.4 Å². The summed E-state index contributed by atoms with van der Waals surface area (Å²) < 4.78 is 10.5. The minimum Gasteiger partial charge on any atom is -0.393 e. The molecule has 1 aliphatic heterocycles. The number of ether oxygens (including phenoxy) is 1. The number of aliphatic hydroxyl groups excluding tert-OH is 1. The molecule has 0 aromatic carbocycles. The van der Waals surface area contributed by atoms with Crippen LogP contribution in [0, 0.1) is 0 Å². The first-order valence-corrected chi connectivity index (χ1v) is 5.88. The maximum absolute atomic E-state index is 9.48. The van der Waals surface area contributed by atoms with Crippen molar-refractivity contribution >= 4 is 0 Å². The van der Waals surface area contributed by atoms with Crippen molar-refractivity contribution in [3.63, 3.8) is 0 Å². The maximum Gasteiger partial charge on any atom is 0.229 e. The number of rotatable bonds is 4. The fourth-order valence-electron chi connectivity index (χ4n) is 1.81. The molecular formula is C11H18N2O3. The summed E-state index contributed by atoms with van der Waals surface area (Å²) in [6.45, 7) is 3.43. The summed E-state index contributed by atoms with van der Waals surface area (Å²) in [4.78, 5) is 4.30. The number of aliphatic hydroxyl groups is 1. The number of nitrogens with zero attached hydrogens (tertiary/aromatic N) is 2. The second-order valence-electron chi connectivity index (χ2n) is 4.23. The lowest BCUT2D eigenvalue weighted by Gasteiger charge is -2.18. The van der Waals surface area contributed by atoms with Crippen molar-refractivity contribution in [1.29, 1.82) is 0 Å². The number of hydrogen-bond donors (Lipinski definition) is 1. The fourth-order valence-corrected chi connectivity index (χ4v) is 1.81. The molecule has 0 aliphatic carbocycles. The van der Waals surface area contributed by atoms with Gasteiger partial charge in [-0.2, -0.15) is 4.98 Å². The van der Waals surface area contributed by atoms with E-state index in [0.717, 1.165) is 25.3 Å². The van der Waals surface area contributed by atoms with Crippen molar-refractivity contribution in [2.75, 3.05) is 13.2 Å². The summed E-state index contributed by atoms with van der Waals surface area (Å²) in [6.07, 6.45) is 2.85. The topological polar surface area (TPSA) is 68.4 Å². The molecule has 0 radical (unpaired) electrons. The van der Waals surface area contributed by atoms with Crippen molar-refractivity contribution in [2.45, 2.75) is 44.6 Å². The van der Waals surface area contributed by atoms with Crippen LogP contribution in [0.2, 0.25) is 0 Å². The Bertz CT molecular complexity index is 321. The molecule has 0 amide bonds. The highest BCUT2D eigenvalue weighted by atomic mass is 16.5. The predicted molar refractivity (Wildman–Crippen MR) is 57.1 cm³/mol. The van der Waals surface area contributed by atoms with Crippen LogP contribution in [-0.4, -0.2) is 34.6 Å². The van der Waals surface area contributed by atoms with Crippen molar-refractivity contribution in [3.8, 4) is 0 Å². The molecule has 2 rings (SSSR count). The highest BCUT2D eigenvalue weighted by Gasteiger charge is 2.21. The molecule has 1 fully saturated rings. The molecule has 2 unspecified atom stereocenters. The Labute approximate surface area is 94.8 Å². The Morgan fingerprint density at radius 1 is 1.56 bits per heavy atom. The van der Waals surface area contributed by atoms with Gasteiger partial charge in [0.2, 0.25) is 5.89 Å². The number of hydrogen-bond acceptors (Lipinski definition) is 5. The van der Waals surface area contributed by atoms with Gasteiger partial charge in [0.15, 0.2) is 5.82 Å². The van der Waals surface area contributed by atoms with E-state index >= 15 is 0 Å². The smallest absolute Gasteiger partial charge is 0.229 e. The maximum atomic E-state index is 9.48. The van der Waals surface area contributed by atoms with Gasteiger partial charge in [0.25, 0.3) is 0 Å². The molecule has 90 valence electrons. The summed E-state index contributed by atoms with van der Waals surface area (Å²) in [5, 5.41) is 13.4. The zero-order chi connectivity index (χ0) is 11.4. The molecule has 1 aliphatic rings. The van der Waals surface area contributed by atoms with E-state index < -0.39 is 6.10 Å². The van der Waals surface area contributed by atoms with E-state index in [1.54, 1.807) is 0 Å². The minimum absolute atomic E-state index is 0.255. The molecule has 5 nitrogen and oxygen atoms in total. The van der Waals surface area contributed by atoms with E-state index in [0.29, 0.717) is 25.3 Å². The lowest BCUT2D eigenvalue weighted by atomic mass is 10.0. The lowest BCUT2D eigenvalue weighted by Crippen LogP contribution is -2.16. The van der Waals surface area contributed by atoms with Crippen molar-refractivity contribution in [2.24, 2.45) is 0 Å². The summed E-state index contributed by atoms with van der Waals surface area (Å²) in [6, 6.07) is 0. The average molecular weight is 226 g/mol. The first-order valence-electron chi connectivity index (χ1n) is 5.88. The van der Waals surface area contributed by atoms with Gasteiger partial charge in [0.1, 0.15) is 0 Å². The van der Waals surface area contributed by atoms with E-state index in [4.69, 9.17) is 9.26 Å². The van der Waals surface area contributed by atoms with Crippen LogP contribution in [0.5, 0.6) is 0 Å². The normalized spacial score (nSPS) is 23.2. The summed E-state index contributed by atoms with van der Waals surface area (Å²) >= 11 is 0. The molecular weight excluding hydrogens is 208 g/mol. The minimum atomic E-state index is -0.393. The van der Waals surface area contributed by atoms with Crippen molar-refractivity contribution in [3.05, 3.63) is 11.7 Å². The highest BCUT2D eigenvalue weighted by molar-refractivity contribution is 4.97. The molecule has 1 aromatic rings. The second kappa shape index (κ2) is 5.41. The van der Waals surface area contributed by atoms with E-state index in [1.807, 2.05) is 6.92 Å². The Balaban J connectivity index is 1.95. The van der Waals surface area contributed by atoms with Crippen LogP contribution in [-0.2, 0) is 11.2 Å². The largest absolute Gasteiger partial charge is 0.393 e. The lowest BCUT2D eigenvalue weighted by molar-refractivity contribution is 0.0773. The van der Waals surface area contributed by atoms with Crippen LogP contribution < -0.4 is 0 Å². The van der Waals surface area contributed by atoms with Crippen LogP contribution in [0.4, 0.5) is 0 Å². The monoisotopic (exact) mass is 226 g/mol. The molecule has 0 spiro atoms. The van der Waals surface area contributed by atoms with Gasteiger partial charge in [-0.1, -0.05) is 12.1 Å². The zero-order valence-electron chi connectivity index (χ0n) is 9.56. The second-order valence-corrected chi connectivity index (χ2v) is 4.23. The fraction of sp³-hybridized carbons (Fsp3) is 0.818. The van der Waals surface area contributed by atoms with Gasteiger partial charge in [0.05, 0.1) is 19.1 Å². The Morgan fingerprint density at radius 2 is 2.44 bits per heavy atom. The third-order valence-electron chi connectivity index (χ3n) is 2.89. The highest BCUT2D eigenvalue weighted by Crippen LogP contribution is 2.23. The first kappa shape index (κ1) is 11.5. The Hall–Kier alpha value is -0.940. The predicted octanol–water partition coefficient (Wildman–Crippen LogP) is 1.28. The third kappa shape index (κ3) is 2.80. The van der Waals surface area contributed by atoms with Crippen LogP contribution in [0.15, 0.2) is 4.52 Å². The van der Waals surface area contributed by atoms with Crippen LogP contribution in [0.3, 0.4) is 0 Å². The molecule has 1 aromatic heterocycles. The molecule has 0 bridgehead atoms. The van der Waals surface area contributed by atoms with E-state index in [2.05, 4.69) is 10.1 Å². The molecule has 16 heavy (non-hydrogen) atoms. The molecule has 1 N–H and O–H groups in total. The molecule has 0 saturated carbocycles. The van der Waals surface area contributed by atoms with Crippen LogP contribution in [0.1, 0.15) is 43.8 Å². The van der Waals surface area contributed by atoms with Gasteiger partial charge >= 0.3 is 0 Å². The van der Waals surface area contributed by atoms with Crippen molar-refractivity contribution in [1.82, 2.24) is 10.1 Å². The van der Waals surface area contributed by atoms with Gasteiger partial charge in [-0.15, -0.1) is 0 Å². The van der Waals surface area contributed by atoms with E-state index in [9.17, 15) is 5.11 Å². The van der Waals surface area contributed by atoms with E-state index in [-0.39, 0.29) is 5.92 Å². The van der Waals surface area contributed by atoms with Gasteiger partial charge in [-0.05, 0) is 19.3 Å². The zero-order valence-corrected chi connectivity index (χ0v) is 9.56. The number of aromatic nitrogens is 2. The first-order chi connectivity index (χ1) is 7.79. The molecule has 2 heterocycles. The van der Waals surface area contributed by atoms with Crippen LogP contribution in [0.25, 0.3) is 0 Å². The Kier molecular flexibility index (Phi) is 3.90. The summed E-state index contributed by atoms with van der Waals surface area (Å²) in [7, 11) is 0. The van der Waals surface area contributed by atoms with Crippen LogP contribution >= 0.6 is 0 Å². The summed E-state index contributed by atoms with van der Waals surface area (Å²) in [5.74, 6) is 1.50. The van der Waals surface area contributed by atoms with Gasteiger partial charge in [-0.3, -0.25) is 0 Å². The molecule has 1 saturated heterocycles. The van der Waals surface area contributed by atoms with Crippen molar-refractivity contribution < 1.29 is 14.4 Å². The molecule has 5 heteroatoms. The quantitative estimate of drug-likeness (QED) is 0.837. The Morgan fingerprint density at radius 3 is 3.12 bits per heavy atom. The average Bonchev–Trinajstić information content (AvgIpc) is 2.78. The van der Waals surface area contributed by atoms with Gasteiger partial charge in [0, 0.05) is 12.5 Å².